The molecule has 1 fully saturated rings. The maximum atomic E-state index is 12.3. The van der Waals surface area contributed by atoms with Crippen LogP contribution in [0.3, 0.4) is 0 Å². The van der Waals surface area contributed by atoms with Crippen LogP contribution in [-0.4, -0.2) is 61.1 Å². The first-order valence-electron chi connectivity index (χ1n) is 10.7. The van der Waals surface area contributed by atoms with Crippen molar-refractivity contribution in [1.82, 2.24) is 14.9 Å². The number of nitrogens with zero attached hydrogens (tertiary/aromatic N) is 4. The molecular formula is C23H29N5O4S. The Balaban J connectivity index is 1.65. The van der Waals surface area contributed by atoms with Crippen molar-refractivity contribution in [2.45, 2.75) is 44.6 Å². The number of hydrogen-bond acceptors (Lipinski definition) is 9. The van der Waals surface area contributed by atoms with Crippen LogP contribution in [0, 0.1) is 16.7 Å². The minimum Gasteiger partial charge on any atom is -0.473 e. The molecule has 0 unspecified atom stereocenters. The van der Waals surface area contributed by atoms with Crippen molar-refractivity contribution >= 4 is 27.1 Å². The van der Waals surface area contributed by atoms with Gasteiger partial charge in [0.15, 0.2) is 27.0 Å². The number of piperidine rings is 1. The largest absolute Gasteiger partial charge is 0.473 e. The summed E-state index contributed by atoms with van der Waals surface area (Å²) >= 11 is 0. The third-order valence-electron chi connectivity index (χ3n) is 5.49. The van der Waals surface area contributed by atoms with Crippen molar-refractivity contribution in [3.05, 3.63) is 36.2 Å². The van der Waals surface area contributed by atoms with Crippen molar-refractivity contribution in [3.8, 4) is 11.9 Å². The molecular weight excluding hydrogens is 442 g/mol. The van der Waals surface area contributed by atoms with Crippen molar-refractivity contribution in [3.63, 3.8) is 0 Å². The van der Waals surface area contributed by atoms with Gasteiger partial charge >= 0.3 is 0 Å². The fraction of sp³-hybridized carbons (Fsp3) is 0.478. The third kappa shape index (κ3) is 6.49. The Bertz CT molecular complexity index is 1140. The lowest BCUT2D eigenvalue weighted by Gasteiger charge is -2.33. The van der Waals surface area contributed by atoms with Crippen LogP contribution >= 0.6 is 0 Å². The zero-order valence-corrected chi connectivity index (χ0v) is 20.1. The Morgan fingerprint density at radius 1 is 1.21 bits per heavy atom. The molecule has 9 nitrogen and oxygen atoms in total. The molecule has 176 valence electrons. The summed E-state index contributed by atoms with van der Waals surface area (Å²) in [6, 6.07) is 8.28. The van der Waals surface area contributed by atoms with Gasteiger partial charge in [-0.15, -0.1) is 0 Å². The molecule has 1 saturated heterocycles. The molecule has 0 bridgehead atoms. The van der Waals surface area contributed by atoms with Gasteiger partial charge in [0, 0.05) is 30.4 Å². The number of nitriles is 1. The quantitative estimate of drug-likeness (QED) is 0.648. The molecule has 1 aromatic carbocycles. The van der Waals surface area contributed by atoms with E-state index in [1.807, 2.05) is 20.8 Å². The zero-order valence-electron chi connectivity index (χ0n) is 19.3. The minimum absolute atomic E-state index is 0.116. The van der Waals surface area contributed by atoms with Gasteiger partial charge in [-0.2, -0.15) is 5.26 Å². The Hall–Kier alpha value is -3.03. The van der Waals surface area contributed by atoms with Gasteiger partial charge in [-0.25, -0.2) is 18.4 Å². The fourth-order valence-corrected chi connectivity index (χ4v) is 3.99. The number of sulfone groups is 1. The molecule has 0 saturated carbocycles. The number of nitrogens with one attached hydrogen (secondary N) is 1. The molecule has 1 N–H and O–H groups in total. The maximum absolute atomic E-state index is 12.3. The second-order valence-electron chi connectivity index (χ2n) is 9.20. The zero-order chi connectivity index (χ0) is 24.2. The molecule has 10 heteroatoms. The van der Waals surface area contributed by atoms with Crippen LogP contribution in [0.4, 0.5) is 11.5 Å². The summed E-state index contributed by atoms with van der Waals surface area (Å²) in [7, 11) is -3.29. The number of likely N-dealkylation sites (tertiary alicyclic amines) is 1. The van der Waals surface area contributed by atoms with Gasteiger partial charge in [-0.1, -0.05) is 20.8 Å². The molecule has 3 rings (SSSR count). The van der Waals surface area contributed by atoms with E-state index in [-0.39, 0.29) is 39.5 Å². The fourth-order valence-electron chi connectivity index (χ4n) is 3.36. The smallest absolute Gasteiger partial charge is 0.237 e. The lowest BCUT2D eigenvalue weighted by molar-refractivity contribution is -0.127. The predicted octanol–water partition coefficient (Wildman–Crippen LogP) is 2.95. The van der Waals surface area contributed by atoms with Gasteiger partial charge in [0.2, 0.25) is 5.88 Å². The predicted molar refractivity (Wildman–Crippen MR) is 124 cm³/mol. The van der Waals surface area contributed by atoms with Gasteiger partial charge in [-0.3, -0.25) is 9.69 Å². The number of ketones is 1. The number of hydrogen-bond donors (Lipinski definition) is 1. The molecule has 0 amide bonds. The van der Waals surface area contributed by atoms with Crippen molar-refractivity contribution in [2.24, 2.45) is 5.41 Å². The third-order valence-corrected chi connectivity index (χ3v) is 6.61. The average Bonchev–Trinajstić information content (AvgIpc) is 2.74. The highest BCUT2D eigenvalue weighted by Crippen LogP contribution is 2.27. The van der Waals surface area contributed by atoms with Crippen LogP contribution in [0.2, 0.25) is 0 Å². The molecule has 1 aromatic heterocycles. The highest BCUT2D eigenvalue weighted by Gasteiger charge is 2.28. The standard InChI is InChI=1S/C23H29N5O4S/c1-23(2,3)20(29)14-28-11-9-17(10-12-28)32-22-19(13-24)21(25-15-26-22)27-16-5-7-18(8-6-16)33(4,30)31/h5-8,15,17H,9-12,14H2,1-4H3,(H,25,26,27). The van der Waals surface area contributed by atoms with E-state index in [1.54, 1.807) is 12.1 Å². The first-order valence-corrected chi connectivity index (χ1v) is 12.6. The van der Waals surface area contributed by atoms with Crippen LogP contribution in [-0.2, 0) is 14.6 Å². The Morgan fingerprint density at radius 2 is 1.85 bits per heavy atom. The monoisotopic (exact) mass is 471 g/mol. The van der Waals surface area contributed by atoms with E-state index >= 15 is 0 Å². The summed E-state index contributed by atoms with van der Waals surface area (Å²) in [6.07, 6.45) is 3.80. The first kappa shape index (κ1) is 24.6. The second kappa shape index (κ2) is 9.85. The SMILES string of the molecule is CC(C)(C)C(=O)CN1CCC(Oc2ncnc(Nc3ccc(S(C)(=O)=O)cc3)c2C#N)CC1. The van der Waals surface area contributed by atoms with E-state index in [1.165, 1.54) is 18.5 Å². The van der Waals surface area contributed by atoms with Gasteiger partial charge < -0.3 is 10.1 Å². The summed E-state index contributed by atoms with van der Waals surface area (Å²) in [5.41, 5.74) is 0.403. The minimum atomic E-state index is -3.29. The van der Waals surface area contributed by atoms with Gasteiger partial charge in [0.25, 0.3) is 0 Å². The molecule has 1 aliphatic rings. The normalized spacial score (nSPS) is 15.6. The number of aromatic nitrogens is 2. The molecule has 33 heavy (non-hydrogen) atoms. The van der Waals surface area contributed by atoms with Crippen LogP contribution in [0.5, 0.6) is 5.88 Å². The van der Waals surface area contributed by atoms with Crippen molar-refractivity contribution < 1.29 is 17.9 Å². The Kier molecular flexibility index (Phi) is 7.34. The van der Waals surface area contributed by atoms with E-state index in [9.17, 15) is 18.5 Å². The number of carbonyl (C=O) groups is 1. The molecule has 2 heterocycles. The summed E-state index contributed by atoms with van der Waals surface area (Å²) in [4.78, 5) is 22.9. The average molecular weight is 472 g/mol. The Morgan fingerprint density at radius 3 is 2.39 bits per heavy atom. The lowest BCUT2D eigenvalue weighted by Crippen LogP contribution is -2.43. The number of benzene rings is 1. The van der Waals surface area contributed by atoms with E-state index in [2.05, 4.69) is 26.3 Å². The van der Waals surface area contributed by atoms with Gasteiger partial charge in [0.1, 0.15) is 18.5 Å². The summed E-state index contributed by atoms with van der Waals surface area (Å²) in [5, 5.41) is 12.7. The number of anilines is 2. The lowest BCUT2D eigenvalue weighted by atomic mass is 9.90. The van der Waals surface area contributed by atoms with Crippen LogP contribution in [0.25, 0.3) is 0 Å². The maximum Gasteiger partial charge on any atom is 0.237 e. The topological polar surface area (TPSA) is 125 Å². The number of Topliss-reactive ketones (excluding diaryl/α,β-unsaturated/α-hetero) is 1. The van der Waals surface area contributed by atoms with E-state index in [0.29, 0.717) is 12.2 Å². The summed E-state index contributed by atoms with van der Waals surface area (Å²) in [5.74, 6) is 0.694. The van der Waals surface area contributed by atoms with Crippen molar-refractivity contribution in [1.29, 1.82) is 5.26 Å². The molecule has 0 spiro atoms. The van der Waals surface area contributed by atoms with Gasteiger partial charge in [-0.05, 0) is 37.1 Å². The highest BCUT2D eigenvalue weighted by atomic mass is 32.2. The van der Waals surface area contributed by atoms with Crippen LogP contribution in [0.15, 0.2) is 35.5 Å². The molecule has 1 aliphatic heterocycles. The Labute approximate surface area is 194 Å². The van der Waals surface area contributed by atoms with E-state index < -0.39 is 9.84 Å². The molecule has 0 atom stereocenters. The van der Waals surface area contributed by atoms with Crippen molar-refractivity contribution in [2.75, 3.05) is 31.2 Å². The second-order valence-corrected chi connectivity index (χ2v) is 11.2. The highest BCUT2D eigenvalue weighted by molar-refractivity contribution is 7.90. The first-order chi connectivity index (χ1) is 15.5. The van der Waals surface area contributed by atoms with E-state index in [4.69, 9.17) is 4.74 Å². The summed E-state index contributed by atoms with van der Waals surface area (Å²) in [6.45, 7) is 7.67. The number of carbonyl (C=O) groups excluding carboxylic acids is 1. The number of ether oxygens (including phenoxy) is 1. The van der Waals surface area contributed by atoms with Crippen LogP contribution in [0.1, 0.15) is 39.2 Å². The molecule has 0 aliphatic carbocycles. The molecule has 0 radical (unpaired) electrons. The number of rotatable bonds is 7. The molecule has 2 aromatic rings. The van der Waals surface area contributed by atoms with Gasteiger partial charge in [0.05, 0.1) is 11.4 Å². The van der Waals surface area contributed by atoms with Crippen LogP contribution < -0.4 is 10.1 Å². The van der Waals surface area contributed by atoms with E-state index in [0.717, 1.165) is 32.2 Å². The summed E-state index contributed by atoms with van der Waals surface area (Å²) < 4.78 is 29.3.